The zero-order chi connectivity index (χ0) is 22.5. The summed E-state index contributed by atoms with van der Waals surface area (Å²) in [6, 6.07) is 6.17. The Balaban J connectivity index is 1.57. The van der Waals surface area contributed by atoms with Crippen LogP contribution in [0.15, 0.2) is 24.3 Å². The minimum absolute atomic E-state index is 0.00384. The smallest absolute Gasteiger partial charge is 0.265 e. The Morgan fingerprint density at radius 3 is 2.45 bits per heavy atom. The monoisotopic (exact) mass is 445 g/mol. The summed E-state index contributed by atoms with van der Waals surface area (Å²) in [6.45, 7) is 10.2. The van der Waals surface area contributed by atoms with E-state index < -0.39 is 0 Å². The second kappa shape index (κ2) is 10.4. The first-order chi connectivity index (χ1) is 14.8. The maximum atomic E-state index is 13.2. The fraction of sp³-hybridized carbons (Fsp3) is 0.542. The van der Waals surface area contributed by atoms with E-state index in [1.165, 1.54) is 23.5 Å². The van der Waals surface area contributed by atoms with Crippen LogP contribution in [0, 0.1) is 30.5 Å². The zero-order valence-electron chi connectivity index (χ0n) is 18.8. The molecule has 0 saturated carbocycles. The standard InChI is InChI=1S/C24H32FN3O2S/c1-15(2)9-12-26-22(29)16(3)18-10-13-28(14-11-18)24(30)21-17(4)27-23(31-21)19-5-7-20(25)8-6-19/h5-8,15-16,18H,9-14H2,1-4H3,(H,26,29)/t16-/m0/s1. The molecule has 1 aromatic heterocycles. The molecule has 3 rings (SSSR count). The molecule has 5 nitrogen and oxygen atoms in total. The zero-order valence-corrected chi connectivity index (χ0v) is 19.6. The van der Waals surface area contributed by atoms with Crippen molar-refractivity contribution >= 4 is 23.2 Å². The first-order valence-corrected chi connectivity index (χ1v) is 11.9. The normalized spacial score (nSPS) is 15.9. The molecule has 1 N–H and O–H groups in total. The summed E-state index contributed by atoms with van der Waals surface area (Å²) in [6.07, 6.45) is 2.64. The number of hydrogen-bond acceptors (Lipinski definition) is 4. The maximum absolute atomic E-state index is 13.2. The number of piperidine rings is 1. The number of halogens is 1. The van der Waals surface area contributed by atoms with Crippen molar-refractivity contribution in [2.75, 3.05) is 19.6 Å². The number of carbonyl (C=O) groups is 2. The summed E-state index contributed by atoms with van der Waals surface area (Å²) >= 11 is 1.35. The van der Waals surface area contributed by atoms with Gasteiger partial charge in [-0.25, -0.2) is 9.37 Å². The lowest BCUT2D eigenvalue weighted by molar-refractivity contribution is -0.126. The Morgan fingerprint density at radius 2 is 1.84 bits per heavy atom. The highest BCUT2D eigenvalue weighted by Gasteiger charge is 2.31. The molecule has 168 valence electrons. The van der Waals surface area contributed by atoms with Crippen LogP contribution in [0.25, 0.3) is 10.6 Å². The van der Waals surface area contributed by atoms with Crippen LogP contribution in [-0.4, -0.2) is 41.3 Å². The molecule has 1 atom stereocenters. The van der Waals surface area contributed by atoms with Crippen molar-refractivity contribution in [2.24, 2.45) is 17.8 Å². The van der Waals surface area contributed by atoms with Crippen molar-refractivity contribution in [3.05, 3.63) is 40.7 Å². The number of thiazole rings is 1. The van der Waals surface area contributed by atoms with E-state index in [2.05, 4.69) is 24.1 Å². The molecule has 0 spiro atoms. The van der Waals surface area contributed by atoms with Crippen LogP contribution in [0.3, 0.4) is 0 Å². The summed E-state index contributed by atoms with van der Waals surface area (Å²) in [5, 5.41) is 3.78. The lowest BCUT2D eigenvalue weighted by Crippen LogP contribution is -2.42. The number of aromatic nitrogens is 1. The van der Waals surface area contributed by atoms with E-state index in [0.717, 1.165) is 36.4 Å². The van der Waals surface area contributed by atoms with E-state index in [4.69, 9.17) is 0 Å². The molecule has 1 aliphatic heterocycles. The summed E-state index contributed by atoms with van der Waals surface area (Å²) in [5.41, 5.74) is 1.51. The van der Waals surface area contributed by atoms with E-state index in [9.17, 15) is 14.0 Å². The Morgan fingerprint density at radius 1 is 1.19 bits per heavy atom. The van der Waals surface area contributed by atoms with Crippen molar-refractivity contribution in [1.29, 1.82) is 0 Å². The van der Waals surface area contributed by atoms with E-state index in [0.29, 0.717) is 35.5 Å². The molecule has 0 bridgehead atoms. The van der Waals surface area contributed by atoms with Gasteiger partial charge in [0.25, 0.3) is 5.91 Å². The Hall–Kier alpha value is -2.28. The number of hydrogen-bond donors (Lipinski definition) is 1. The Kier molecular flexibility index (Phi) is 7.81. The van der Waals surface area contributed by atoms with Gasteiger partial charge in [0.1, 0.15) is 15.7 Å². The van der Waals surface area contributed by atoms with Gasteiger partial charge in [-0.15, -0.1) is 11.3 Å². The number of aryl methyl sites for hydroxylation is 1. The van der Waals surface area contributed by atoms with Gasteiger partial charge in [0.2, 0.25) is 5.91 Å². The minimum Gasteiger partial charge on any atom is -0.356 e. The quantitative estimate of drug-likeness (QED) is 0.659. The molecular formula is C24H32FN3O2S. The molecule has 2 aromatic rings. The van der Waals surface area contributed by atoms with E-state index in [1.54, 1.807) is 12.1 Å². The van der Waals surface area contributed by atoms with Crippen LogP contribution < -0.4 is 5.32 Å². The average molecular weight is 446 g/mol. The van der Waals surface area contributed by atoms with Crippen LogP contribution in [0.5, 0.6) is 0 Å². The molecule has 1 fully saturated rings. The Bertz CT molecular complexity index is 902. The van der Waals surface area contributed by atoms with Gasteiger partial charge in [-0.3, -0.25) is 9.59 Å². The van der Waals surface area contributed by atoms with E-state index in [-0.39, 0.29) is 23.5 Å². The summed E-state index contributed by atoms with van der Waals surface area (Å²) in [4.78, 5) is 32.6. The number of likely N-dealkylation sites (tertiary alicyclic amines) is 1. The maximum Gasteiger partial charge on any atom is 0.265 e. The van der Waals surface area contributed by atoms with Gasteiger partial charge in [-0.1, -0.05) is 20.8 Å². The number of benzene rings is 1. The first kappa shape index (κ1) is 23.4. The molecule has 0 aliphatic carbocycles. The number of carbonyl (C=O) groups excluding carboxylic acids is 2. The largest absolute Gasteiger partial charge is 0.356 e. The predicted molar refractivity (Wildman–Crippen MR) is 123 cm³/mol. The third-order valence-corrected chi connectivity index (χ3v) is 7.24. The highest BCUT2D eigenvalue weighted by atomic mass is 32.1. The second-order valence-corrected chi connectivity index (χ2v) is 9.83. The van der Waals surface area contributed by atoms with Crippen LogP contribution in [0.1, 0.15) is 55.4 Å². The van der Waals surface area contributed by atoms with Gasteiger partial charge in [0.05, 0.1) is 5.69 Å². The van der Waals surface area contributed by atoms with Gasteiger partial charge in [0.15, 0.2) is 0 Å². The Labute approximate surface area is 188 Å². The van der Waals surface area contributed by atoms with E-state index >= 15 is 0 Å². The first-order valence-electron chi connectivity index (χ1n) is 11.1. The molecular weight excluding hydrogens is 413 g/mol. The van der Waals surface area contributed by atoms with Gasteiger partial charge in [-0.2, -0.15) is 0 Å². The molecule has 0 unspecified atom stereocenters. The number of nitrogens with zero attached hydrogens (tertiary/aromatic N) is 2. The topological polar surface area (TPSA) is 62.3 Å². The van der Waals surface area contributed by atoms with Gasteiger partial charge in [-0.05, 0) is 62.3 Å². The van der Waals surface area contributed by atoms with Gasteiger partial charge >= 0.3 is 0 Å². The van der Waals surface area contributed by atoms with E-state index in [1.807, 2.05) is 18.7 Å². The lowest BCUT2D eigenvalue weighted by atomic mass is 9.84. The van der Waals surface area contributed by atoms with Crippen LogP contribution in [0.2, 0.25) is 0 Å². The highest BCUT2D eigenvalue weighted by molar-refractivity contribution is 7.17. The molecule has 1 saturated heterocycles. The van der Waals surface area contributed by atoms with Gasteiger partial charge in [0, 0.05) is 31.1 Å². The van der Waals surface area contributed by atoms with Crippen molar-refractivity contribution < 1.29 is 14.0 Å². The lowest BCUT2D eigenvalue weighted by Gasteiger charge is -2.34. The predicted octanol–water partition coefficient (Wildman–Crippen LogP) is 4.91. The third kappa shape index (κ3) is 5.91. The summed E-state index contributed by atoms with van der Waals surface area (Å²) in [7, 11) is 0. The number of amides is 2. The second-order valence-electron chi connectivity index (χ2n) is 8.83. The summed E-state index contributed by atoms with van der Waals surface area (Å²) in [5.74, 6) is 0.645. The van der Waals surface area contributed by atoms with Crippen molar-refractivity contribution in [3.8, 4) is 10.6 Å². The van der Waals surface area contributed by atoms with Crippen LogP contribution >= 0.6 is 11.3 Å². The van der Waals surface area contributed by atoms with Gasteiger partial charge < -0.3 is 10.2 Å². The molecule has 2 heterocycles. The van der Waals surface area contributed by atoms with Crippen LogP contribution in [-0.2, 0) is 4.79 Å². The number of rotatable bonds is 7. The average Bonchev–Trinajstić information content (AvgIpc) is 3.14. The van der Waals surface area contributed by atoms with Crippen molar-refractivity contribution in [2.45, 2.75) is 47.0 Å². The number of nitrogens with one attached hydrogen (secondary N) is 1. The molecule has 7 heteroatoms. The molecule has 1 aromatic carbocycles. The third-order valence-electron chi connectivity index (χ3n) is 6.05. The molecule has 31 heavy (non-hydrogen) atoms. The minimum atomic E-state index is -0.293. The molecule has 1 aliphatic rings. The molecule has 2 amide bonds. The van der Waals surface area contributed by atoms with Crippen molar-refractivity contribution in [3.63, 3.8) is 0 Å². The molecule has 0 radical (unpaired) electrons. The summed E-state index contributed by atoms with van der Waals surface area (Å²) < 4.78 is 13.2. The van der Waals surface area contributed by atoms with Crippen LogP contribution in [0.4, 0.5) is 4.39 Å². The fourth-order valence-electron chi connectivity index (χ4n) is 3.92. The highest BCUT2D eigenvalue weighted by Crippen LogP contribution is 2.31. The SMILES string of the molecule is Cc1nc(-c2ccc(F)cc2)sc1C(=O)N1CCC([C@H](C)C(=O)NCCC(C)C)CC1. The van der Waals surface area contributed by atoms with Crippen molar-refractivity contribution in [1.82, 2.24) is 15.2 Å². The fourth-order valence-corrected chi connectivity index (χ4v) is 4.96.